The van der Waals surface area contributed by atoms with E-state index < -0.39 is 29.4 Å². The minimum Gasteiger partial charge on any atom is -0.490 e. The second kappa shape index (κ2) is 15.5. The number of benzene rings is 2. The number of hydrogen-bond donors (Lipinski definition) is 0. The van der Waals surface area contributed by atoms with Crippen LogP contribution in [0.2, 0.25) is 0 Å². The molecule has 0 aliphatic carbocycles. The van der Waals surface area contributed by atoms with Crippen LogP contribution in [0.3, 0.4) is 0 Å². The SMILES string of the molecule is C=CCOc1ccc(C[C@@H](CC(=O)OC(C)(C)C)C(=O)C[C@@H](Cc2ccc(OCC=C)cc2)C(=O)OC)cc1. The van der Waals surface area contributed by atoms with Crippen LogP contribution in [0.5, 0.6) is 11.5 Å². The molecule has 0 fully saturated rings. The number of rotatable bonds is 16. The average molecular weight is 537 g/mol. The van der Waals surface area contributed by atoms with Crippen LogP contribution < -0.4 is 9.47 Å². The van der Waals surface area contributed by atoms with E-state index in [1.807, 2.05) is 48.5 Å². The van der Waals surface area contributed by atoms with Gasteiger partial charge in [-0.25, -0.2) is 0 Å². The van der Waals surface area contributed by atoms with Crippen LogP contribution in [0.4, 0.5) is 0 Å². The highest BCUT2D eigenvalue weighted by Crippen LogP contribution is 2.24. The Kier molecular flexibility index (Phi) is 12.5. The number of carbonyl (C=O) groups excluding carboxylic acids is 3. The maximum Gasteiger partial charge on any atom is 0.309 e. The lowest BCUT2D eigenvalue weighted by Gasteiger charge is -2.23. The maximum absolute atomic E-state index is 13.6. The summed E-state index contributed by atoms with van der Waals surface area (Å²) in [6.45, 7) is 13.4. The van der Waals surface area contributed by atoms with Crippen LogP contribution in [-0.4, -0.2) is 43.6 Å². The summed E-state index contributed by atoms with van der Waals surface area (Å²) in [7, 11) is 1.31. The largest absolute Gasteiger partial charge is 0.490 e. The molecular formula is C32H40O7. The summed E-state index contributed by atoms with van der Waals surface area (Å²) in [5.41, 5.74) is 1.06. The van der Waals surface area contributed by atoms with Gasteiger partial charge in [0.05, 0.1) is 19.4 Å². The predicted octanol–water partition coefficient (Wildman–Crippen LogP) is 5.70. The van der Waals surface area contributed by atoms with E-state index in [9.17, 15) is 14.4 Å². The molecule has 0 bridgehead atoms. The minimum absolute atomic E-state index is 0.0601. The Morgan fingerprint density at radius 2 is 1.23 bits per heavy atom. The summed E-state index contributed by atoms with van der Waals surface area (Å²) in [5, 5.41) is 0. The van der Waals surface area contributed by atoms with Gasteiger partial charge in [0, 0.05) is 12.3 Å². The molecule has 0 aliphatic rings. The Hall–Kier alpha value is -3.87. The Balaban J connectivity index is 2.20. The van der Waals surface area contributed by atoms with Gasteiger partial charge in [-0.1, -0.05) is 49.6 Å². The Morgan fingerprint density at radius 1 is 0.769 bits per heavy atom. The monoisotopic (exact) mass is 536 g/mol. The van der Waals surface area contributed by atoms with E-state index in [-0.39, 0.29) is 18.6 Å². The number of esters is 2. The number of Topliss-reactive ketones (excluding diaryl/α,β-unsaturated/α-hetero) is 1. The summed E-state index contributed by atoms with van der Waals surface area (Å²) in [6, 6.07) is 14.7. The fraction of sp³-hybridized carbons (Fsp3) is 0.406. The predicted molar refractivity (Wildman–Crippen MR) is 151 cm³/mol. The van der Waals surface area contributed by atoms with Gasteiger partial charge in [0.1, 0.15) is 36.1 Å². The van der Waals surface area contributed by atoms with Gasteiger partial charge < -0.3 is 18.9 Å². The molecule has 210 valence electrons. The van der Waals surface area contributed by atoms with Crippen molar-refractivity contribution in [3.05, 3.63) is 85.0 Å². The minimum atomic E-state index is -0.696. The van der Waals surface area contributed by atoms with Gasteiger partial charge in [-0.2, -0.15) is 0 Å². The van der Waals surface area contributed by atoms with Crippen LogP contribution >= 0.6 is 0 Å². The zero-order chi connectivity index (χ0) is 28.8. The summed E-state index contributed by atoms with van der Waals surface area (Å²) in [5.74, 6) is -1.14. The second-order valence-corrected chi connectivity index (χ2v) is 10.3. The molecule has 2 atom stereocenters. The molecule has 0 saturated carbocycles. The number of ketones is 1. The molecule has 0 aliphatic heterocycles. The summed E-state index contributed by atoms with van der Waals surface area (Å²) < 4.78 is 21.6. The highest BCUT2D eigenvalue weighted by atomic mass is 16.6. The summed E-state index contributed by atoms with van der Waals surface area (Å²) in [4.78, 5) is 38.9. The van der Waals surface area contributed by atoms with E-state index >= 15 is 0 Å². The van der Waals surface area contributed by atoms with Crippen molar-refractivity contribution in [2.24, 2.45) is 11.8 Å². The number of methoxy groups -OCH3 is 1. The molecule has 7 nitrogen and oxygen atoms in total. The molecule has 2 aromatic rings. The lowest BCUT2D eigenvalue weighted by molar-refractivity contribution is -0.157. The lowest BCUT2D eigenvalue weighted by Crippen LogP contribution is -2.30. The maximum atomic E-state index is 13.6. The molecule has 0 unspecified atom stereocenters. The zero-order valence-corrected chi connectivity index (χ0v) is 23.4. The van der Waals surface area contributed by atoms with E-state index in [2.05, 4.69) is 13.2 Å². The molecule has 0 heterocycles. The molecule has 0 amide bonds. The number of hydrogen-bond acceptors (Lipinski definition) is 7. The van der Waals surface area contributed by atoms with E-state index in [4.69, 9.17) is 18.9 Å². The standard InChI is InChI=1S/C32H40O7/c1-7-17-37-27-13-9-23(10-14-27)19-25(22-30(34)39-32(3,4)5)29(33)21-26(31(35)36-6)20-24-11-15-28(16-12-24)38-18-8-2/h7-16,25-26H,1-2,17-22H2,3-6H3/t25-,26+/m0/s1. The Labute approximate surface area is 231 Å². The van der Waals surface area contributed by atoms with Crippen molar-refractivity contribution in [3.63, 3.8) is 0 Å². The second-order valence-electron chi connectivity index (χ2n) is 10.3. The molecule has 0 N–H and O–H groups in total. The first-order chi connectivity index (χ1) is 18.5. The van der Waals surface area contributed by atoms with Crippen LogP contribution in [0.1, 0.15) is 44.7 Å². The third-order valence-corrected chi connectivity index (χ3v) is 5.82. The highest BCUT2D eigenvalue weighted by Gasteiger charge is 2.30. The van der Waals surface area contributed by atoms with E-state index in [1.165, 1.54) is 7.11 Å². The van der Waals surface area contributed by atoms with Crippen molar-refractivity contribution < 1.29 is 33.3 Å². The van der Waals surface area contributed by atoms with Gasteiger partial charge in [0.25, 0.3) is 0 Å². The van der Waals surface area contributed by atoms with Crippen molar-refractivity contribution in [1.82, 2.24) is 0 Å². The lowest BCUT2D eigenvalue weighted by atomic mass is 9.85. The fourth-order valence-corrected chi connectivity index (χ4v) is 4.02. The van der Waals surface area contributed by atoms with E-state index in [0.717, 1.165) is 11.1 Å². The van der Waals surface area contributed by atoms with Gasteiger partial charge in [0.15, 0.2) is 0 Å². The Morgan fingerprint density at radius 3 is 1.64 bits per heavy atom. The third-order valence-electron chi connectivity index (χ3n) is 5.82. The molecule has 0 radical (unpaired) electrons. The molecular weight excluding hydrogens is 496 g/mol. The van der Waals surface area contributed by atoms with Crippen molar-refractivity contribution >= 4 is 17.7 Å². The van der Waals surface area contributed by atoms with Crippen LogP contribution in [-0.2, 0) is 36.7 Å². The molecule has 7 heteroatoms. The van der Waals surface area contributed by atoms with Gasteiger partial charge in [-0.3, -0.25) is 14.4 Å². The van der Waals surface area contributed by atoms with Gasteiger partial charge >= 0.3 is 11.9 Å². The average Bonchev–Trinajstić information content (AvgIpc) is 2.89. The van der Waals surface area contributed by atoms with Crippen molar-refractivity contribution in [2.75, 3.05) is 20.3 Å². The molecule has 39 heavy (non-hydrogen) atoms. The van der Waals surface area contributed by atoms with Gasteiger partial charge in [-0.15, -0.1) is 0 Å². The quantitative estimate of drug-likeness (QED) is 0.201. The third kappa shape index (κ3) is 11.6. The van der Waals surface area contributed by atoms with Crippen LogP contribution in [0, 0.1) is 11.8 Å². The molecule has 0 spiro atoms. The summed E-state index contributed by atoms with van der Waals surface area (Å²) in [6.07, 6.45) is 3.80. The van der Waals surface area contributed by atoms with Crippen molar-refractivity contribution in [3.8, 4) is 11.5 Å². The van der Waals surface area contributed by atoms with Crippen LogP contribution in [0.15, 0.2) is 73.8 Å². The molecule has 0 aromatic heterocycles. The normalized spacial score (nSPS) is 12.5. The van der Waals surface area contributed by atoms with E-state index in [1.54, 1.807) is 32.9 Å². The molecule has 0 saturated heterocycles. The van der Waals surface area contributed by atoms with Crippen molar-refractivity contribution in [2.45, 2.75) is 52.1 Å². The highest BCUT2D eigenvalue weighted by molar-refractivity contribution is 5.89. The number of ether oxygens (including phenoxy) is 4. The first-order valence-electron chi connectivity index (χ1n) is 13.0. The molecule has 2 aromatic carbocycles. The summed E-state index contributed by atoms with van der Waals surface area (Å²) >= 11 is 0. The van der Waals surface area contributed by atoms with E-state index in [0.29, 0.717) is 37.6 Å². The Bertz CT molecular complexity index is 1090. The van der Waals surface area contributed by atoms with Gasteiger partial charge in [0.2, 0.25) is 0 Å². The first-order valence-corrected chi connectivity index (χ1v) is 13.0. The molecule has 2 rings (SSSR count). The first kappa shape index (κ1) is 31.3. The number of carbonyl (C=O) groups is 3. The van der Waals surface area contributed by atoms with Crippen LogP contribution in [0.25, 0.3) is 0 Å². The van der Waals surface area contributed by atoms with Crippen molar-refractivity contribution in [1.29, 1.82) is 0 Å². The smallest absolute Gasteiger partial charge is 0.309 e. The van der Waals surface area contributed by atoms with Gasteiger partial charge in [-0.05, 0) is 69.0 Å². The zero-order valence-electron chi connectivity index (χ0n) is 23.4. The fourth-order valence-electron chi connectivity index (χ4n) is 4.02. The topological polar surface area (TPSA) is 88.1 Å².